The molecule has 9 nitrogen and oxygen atoms in total. The molecule has 1 amide bonds. The first-order valence-corrected chi connectivity index (χ1v) is 17.5. The molecule has 0 aliphatic heterocycles. The highest BCUT2D eigenvalue weighted by molar-refractivity contribution is 9.10. The molecular weight excluding hydrogens is 698 g/mol. The van der Waals surface area contributed by atoms with E-state index in [1.165, 1.54) is 23.5 Å². The first-order valence-electron chi connectivity index (χ1n) is 13.9. The van der Waals surface area contributed by atoms with Crippen LogP contribution in [0.3, 0.4) is 0 Å². The van der Waals surface area contributed by atoms with Gasteiger partial charge in [-0.1, -0.05) is 71.2 Å². The number of rotatable bonds is 11. The van der Waals surface area contributed by atoms with Crippen molar-refractivity contribution in [2.24, 2.45) is 10.2 Å². The van der Waals surface area contributed by atoms with Crippen molar-refractivity contribution in [3.8, 4) is 28.4 Å². The van der Waals surface area contributed by atoms with Crippen LogP contribution in [0, 0.1) is 0 Å². The minimum atomic E-state index is -4.30. The van der Waals surface area contributed by atoms with Gasteiger partial charge in [-0.3, -0.25) is 9.36 Å². The predicted octanol–water partition coefficient (Wildman–Crippen LogP) is 7.52. The van der Waals surface area contributed by atoms with E-state index in [1.54, 1.807) is 36.4 Å². The molecule has 13 heteroatoms. The van der Waals surface area contributed by atoms with E-state index >= 15 is 0 Å². The van der Waals surface area contributed by atoms with Crippen LogP contribution in [0.4, 0.5) is 5.69 Å². The molecule has 0 aliphatic rings. The smallest absolute Gasteiger partial charge is 0.271 e. The maximum Gasteiger partial charge on any atom is 0.271 e. The van der Waals surface area contributed by atoms with Crippen LogP contribution in [0.25, 0.3) is 16.9 Å². The molecule has 0 atom stereocenters. The highest BCUT2D eigenvalue weighted by Crippen LogP contribution is 2.37. The lowest BCUT2D eigenvalue weighted by molar-refractivity contribution is 0.0953. The van der Waals surface area contributed by atoms with Gasteiger partial charge in [0.05, 0.1) is 11.4 Å². The minimum absolute atomic E-state index is 0.00670. The van der Waals surface area contributed by atoms with Crippen molar-refractivity contribution in [2.75, 3.05) is 11.9 Å². The van der Waals surface area contributed by atoms with Crippen molar-refractivity contribution in [1.29, 1.82) is 0 Å². The maximum atomic E-state index is 13.5. The average molecular weight is 727 g/mol. The van der Waals surface area contributed by atoms with Gasteiger partial charge >= 0.3 is 0 Å². The number of unbranched alkanes of at least 4 members (excludes halogenated alkanes) is 1. The first-order chi connectivity index (χ1) is 21.6. The number of ether oxygens (including phenoxy) is 1. The zero-order valence-corrected chi connectivity index (χ0v) is 28.0. The summed E-state index contributed by atoms with van der Waals surface area (Å²) in [5.74, 6) is -0.208. The molecular formula is C32H29BrClN5O4S2. The Bertz CT molecular complexity index is 1980. The molecule has 0 bridgehead atoms. The molecule has 1 aromatic heterocycles. The summed E-state index contributed by atoms with van der Waals surface area (Å²) in [5, 5.41) is 15.8. The zero-order valence-electron chi connectivity index (χ0n) is 24.0. The Morgan fingerprint density at radius 3 is 2.42 bits per heavy atom. The van der Waals surface area contributed by atoms with Crippen molar-refractivity contribution in [3.63, 3.8) is 0 Å². The molecule has 4 aromatic carbocycles. The summed E-state index contributed by atoms with van der Waals surface area (Å²) in [6, 6.07) is 26.6. The van der Waals surface area contributed by atoms with Crippen LogP contribution < -0.4 is 25.4 Å². The van der Waals surface area contributed by atoms with E-state index < -0.39 is 15.9 Å². The molecule has 0 saturated heterocycles. The van der Waals surface area contributed by atoms with Crippen LogP contribution in [0.1, 0.15) is 30.1 Å². The number of sulfonamides is 1. The predicted molar refractivity (Wildman–Crippen MR) is 183 cm³/mol. The van der Waals surface area contributed by atoms with E-state index in [9.17, 15) is 13.2 Å². The summed E-state index contributed by atoms with van der Waals surface area (Å²) < 4.78 is 34.3. The monoisotopic (exact) mass is 725 g/mol. The number of nitrogens with zero attached hydrogens (tertiary/aromatic N) is 2. The highest BCUT2D eigenvalue weighted by Gasteiger charge is 2.24. The van der Waals surface area contributed by atoms with E-state index in [-0.39, 0.29) is 16.2 Å². The van der Waals surface area contributed by atoms with Gasteiger partial charge in [0.25, 0.3) is 5.91 Å². The van der Waals surface area contributed by atoms with Gasteiger partial charge < -0.3 is 10.1 Å². The number of aromatic nitrogens is 1. The van der Waals surface area contributed by atoms with Gasteiger partial charge in [0.1, 0.15) is 10.6 Å². The Labute approximate surface area is 278 Å². The summed E-state index contributed by atoms with van der Waals surface area (Å²) in [5.41, 5.74) is 5.51. The Hall–Kier alpha value is -3.94. The lowest BCUT2D eigenvalue weighted by Gasteiger charge is -2.17. The van der Waals surface area contributed by atoms with Gasteiger partial charge in [0, 0.05) is 32.7 Å². The van der Waals surface area contributed by atoms with Crippen LogP contribution in [0.15, 0.2) is 111 Å². The van der Waals surface area contributed by atoms with Crippen LogP contribution in [-0.4, -0.2) is 25.4 Å². The normalized spacial score (nSPS) is 11.8. The molecule has 0 spiro atoms. The van der Waals surface area contributed by atoms with Crippen LogP contribution >= 0.6 is 38.9 Å². The summed E-state index contributed by atoms with van der Waals surface area (Å²) >= 11 is 10.9. The number of hydrogen-bond acceptors (Lipinski definition) is 7. The van der Waals surface area contributed by atoms with Gasteiger partial charge in [-0.2, -0.15) is 0 Å². The summed E-state index contributed by atoms with van der Waals surface area (Å²) in [7, 11) is -4.30. The number of amides is 1. The standard InChI is InChI=1S/C32H29BrClN5O4S2/c1-2-3-17-36-27-18-22(19-29(45(35,41)42)30(27)43-26-7-5-4-6-8-26)31(40)37-38-32-39(25-15-11-23(33)12-16-25)28(20-44-32)21-9-13-24(34)14-10-21/h4-16,18-20,36H,2-3,17H2,1H3,(H,37,40)(H2,35,41,42)/b38-32-. The number of primary sulfonamides is 1. The number of halogens is 2. The topological polar surface area (TPSA) is 128 Å². The van der Waals surface area contributed by atoms with Crippen LogP contribution in [0.2, 0.25) is 5.02 Å². The molecule has 45 heavy (non-hydrogen) atoms. The Kier molecular flexibility index (Phi) is 10.4. The molecule has 1 heterocycles. The fourth-order valence-corrected chi connectivity index (χ4v) is 6.36. The van der Waals surface area contributed by atoms with Crippen LogP contribution in [-0.2, 0) is 10.0 Å². The first kappa shape index (κ1) is 32.5. The highest BCUT2D eigenvalue weighted by atomic mass is 79.9. The number of benzene rings is 4. The van der Waals surface area contributed by atoms with Gasteiger partial charge in [0.2, 0.25) is 14.8 Å². The number of nitrogens with two attached hydrogens (primary N) is 1. The number of carbonyl (C=O) groups is 1. The summed E-state index contributed by atoms with van der Waals surface area (Å²) in [4.78, 5) is 13.7. The lowest BCUT2D eigenvalue weighted by atomic mass is 10.1. The molecule has 5 rings (SSSR count). The second-order valence-corrected chi connectivity index (χ2v) is 13.6. The average Bonchev–Trinajstić information content (AvgIpc) is 3.45. The third kappa shape index (κ3) is 8.02. The lowest BCUT2D eigenvalue weighted by Crippen LogP contribution is -2.25. The summed E-state index contributed by atoms with van der Waals surface area (Å²) in [6.07, 6.45) is 1.71. The Morgan fingerprint density at radius 1 is 1.04 bits per heavy atom. The number of para-hydroxylation sites is 1. The van der Waals surface area contributed by atoms with Crippen molar-refractivity contribution >= 4 is 60.5 Å². The van der Waals surface area contributed by atoms with E-state index in [0.29, 0.717) is 27.8 Å². The molecule has 0 radical (unpaired) electrons. The quantitative estimate of drug-likeness (QED) is 0.0959. The van der Waals surface area contributed by atoms with Crippen molar-refractivity contribution in [2.45, 2.75) is 24.7 Å². The number of nitrogens with one attached hydrogen (secondary N) is 2. The third-order valence-corrected chi connectivity index (χ3v) is 9.14. The van der Waals surface area contributed by atoms with E-state index in [1.807, 2.05) is 59.3 Å². The van der Waals surface area contributed by atoms with Gasteiger partial charge in [-0.25, -0.2) is 19.0 Å². The molecule has 4 N–H and O–H groups in total. The number of anilines is 1. The number of thiazole rings is 1. The second kappa shape index (κ2) is 14.4. The van der Waals surface area contributed by atoms with Crippen LogP contribution in [0.5, 0.6) is 11.5 Å². The van der Waals surface area contributed by atoms with Crippen molar-refractivity contribution in [1.82, 2.24) is 9.99 Å². The molecule has 0 saturated carbocycles. The van der Waals surface area contributed by atoms with Gasteiger partial charge in [-0.15, -0.1) is 16.4 Å². The zero-order chi connectivity index (χ0) is 32.0. The van der Waals surface area contributed by atoms with E-state index in [0.717, 1.165) is 34.3 Å². The van der Waals surface area contributed by atoms with E-state index in [2.05, 4.69) is 31.8 Å². The molecule has 0 aliphatic carbocycles. The third-order valence-electron chi connectivity index (χ3n) is 6.62. The largest absolute Gasteiger partial charge is 0.454 e. The SMILES string of the molecule is CCCCNc1cc(C(=O)N/N=c2\scc(-c3ccc(Cl)cc3)n2-c2ccc(Br)cc2)cc(S(N)(=O)=O)c1Oc1ccccc1. The molecule has 0 unspecified atom stereocenters. The summed E-state index contributed by atoms with van der Waals surface area (Å²) in [6.45, 7) is 2.56. The molecule has 232 valence electrons. The maximum absolute atomic E-state index is 13.5. The minimum Gasteiger partial charge on any atom is -0.454 e. The number of carbonyl (C=O) groups excluding carboxylic acids is 1. The second-order valence-electron chi connectivity index (χ2n) is 9.87. The van der Waals surface area contributed by atoms with Crippen molar-refractivity contribution in [3.05, 3.63) is 116 Å². The Balaban J connectivity index is 1.56. The van der Waals surface area contributed by atoms with Gasteiger partial charge in [0.15, 0.2) is 5.75 Å². The van der Waals surface area contributed by atoms with Crippen molar-refractivity contribution < 1.29 is 17.9 Å². The number of hydrogen-bond donors (Lipinski definition) is 3. The molecule has 5 aromatic rings. The fraction of sp³-hybridized carbons (Fsp3) is 0.125. The Morgan fingerprint density at radius 2 is 1.76 bits per heavy atom. The van der Waals surface area contributed by atoms with Gasteiger partial charge in [-0.05, 0) is 72.6 Å². The van der Waals surface area contributed by atoms with E-state index in [4.69, 9.17) is 21.5 Å². The fourth-order valence-electron chi connectivity index (χ4n) is 4.40. The molecule has 0 fully saturated rings.